The SMILES string of the molecule is CC.CCc1cccc(NS(=O)(=O)c2ccccc2)c1. The molecule has 108 valence electrons. The summed E-state index contributed by atoms with van der Waals surface area (Å²) in [5.74, 6) is 0. The molecule has 0 radical (unpaired) electrons. The number of anilines is 1. The lowest BCUT2D eigenvalue weighted by atomic mass is 10.1. The first-order valence-electron chi connectivity index (χ1n) is 6.78. The van der Waals surface area contributed by atoms with Gasteiger partial charge in [0.05, 0.1) is 4.90 Å². The zero-order valence-electron chi connectivity index (χ0n) is 12.1. The first-order chi connectivity index (χ1) is 9.62. The molecule has 0 aliphatic rings. The molecule has 0 aliphatic heterocycles. The van der Waals surface area contributed by atoms with Gasteiger partial charge in [-0.05, 0) is 36.2 Å². The van der Waals surface area contributed by atoms with Crippen molar-refractivity contribution < 1.29 is 8.42 Å². The fraction of sp³-hybridized carbons (Fsp3) is 0.250. The Balaban J connectivity index is 0.000000956. The van der Waals surface area contributed by atoms with E-state index in [0.29, 0.717) is 5.69 Å². The van der Waals surface area contributed by atoms with Gasteiger partial charge < -0.3 is 0 Å². The zero-order chi connectivity index (χ0) is 15.0. The standard InChI is InChI=1S/C14H15NO2S.C2H6/c1-2-12-7-6-8-13(11-12)15-18(16,17)14-9-4-3-5-10-14;1-2/h3-11,15H,2H2,1H3;1-2H3. The van der Waals surface area contributed by atoms with Crippen molar-refractivity contribution in [1.29, 1.82) is 0 Å². The molecule has 4 heteroatoms. The number of sulfonamides is 1. The maximum Gasteiger partial charge on any atom is 0.261 e. The number of benzene rings is 2. The smallest absolute Gasteiger partial charge is 0.261 e. The van der Waals surface area contributed by atoms with Crippen LogP contribution in [0, 0.1) is 0 Å². The number of hydrogen-bond donors (Lipinski definition) is 1. The summed E-state index contributed by atoms with van der Waals surface area (Å²) >= 11 is 0. The van der Waals surface area contributed by atoms with Gasteiger partial charge in [0.1, 0.15) is 0 Å². The molecular weight excluding hydrogens is 270 g/mol. The molecule has 0 amide bonds. The predicted octanol–water partition coefficient (Wildman–Crippen LogP) is 4.08. The fourth-order valence-corrected chi connectivity index (χ4v) is 2.74. The van der Waals surface area contributed by atoms with Gasteiger partial charge in [-0.25, -0.2) is 8.42 Å². The topological polar surface area (TPSA) is 46.2 Å². The lowest BCUT2D eigenvalue weighted by molar-refractivity contribution is 0.601. The molecule has 0 aliphatic carbocycles. The molecule has 3 nitrogen and oxygen atoms in total. The summed E-state index contributed by atoms with van der Waals surface area (Å²) < 4.78 is 26.8. The van der Waals surface area contributed by atoms with Crippen molar-refractivity contribution in [3.63, 3.8) is 0 Å². The minimum absolute atomic E-state index is 0.270. The largest absolute Gasteiger partial charge is 0.280 e. The summed E-state index contributed by atoms with van der Waals surface area (Å²) in [5.41, 5.74) is 1.70. The molecule has 2 rings (SSSR count). The molecular formula is C16H21NO2S. The van der Waals surface area contributed by atoms with E-state index in [9.17, 15) is 8.42 Å². The van der Waals surface area contributed by atoms with E-state index in [-0.39, 0.29) is 4.90 Å². The van der Waals surface area contributed by atoms with Crippen molar-refractivity contribution in [1.82, 2.24) is 0 Å². The van der Waals surface area contributed by atoms with Crippen molar-refractivity contribution in [2.24, 2.45) is 0 Å². The highest BCUT2D eigenvalue weighted by atomic mass is 32.2. The summed E-state index contributed by atoms with van der Waals surface area (Å²) in [5, 5.41) is 0. The molecule has 1 N–H and O–H groups in total. The van der Waals surface area contributed by atoms with Crippen LogP contribution in [0.2, 0.25) is 0 Å². The van der Waals surface area contributed by atoms with Gasteiger partial charge in [0, 0.05) is 5.69 Å². The van der Waals surface area contributed by atoms with Crippen LogP contribution in [0.1, 0.15) is 26.3 Å². The van der Waals surface area contributed by atoms with E-state index in [1.807, 2.05) is 39.0 Å². The molecule has 0 saturated heterocycles. The van der Waals surface area contributed by atoms with E-state index in [1.165, 1.54) is 0 Å². The zero-order valence-corrected chi connectivity index (χ0v) is 12.9. The Bertz CT molecular complexity index is 622. The van der Waals surface area contributed by atoms with E-state index in [0.717, 1.165) is 12.0 Å². The van der Waals surface area contributed by atoms with Crippen molar-refractivity contribution in [2.45, 2.75) is 32.1 Å². The molecule has 0 fully saturated rings. The minimum atomic E-state index is -3.49. The van der Waals surface area contributed by atoms with E-state index < -0.39 is 10.0 Å². The molecule has 20 heavy (non-hydrogen) atoms. The van der Waals surface area contributed by atoms with Crippen LogP contribution in [0.4, 0.5) is 5.69 Å². The number of nitrogens with one attached hydrogen (secondary N) is 1. The van der Waals surface area contributed by atoms with Crippen LogP contribution in [-0.2, 0) is 16.4 Å². The summed E-state index contributed by atoms with van der Waals surface area (Å²) in [6.07, 6.45) is 0.876. The second kappa shape index (κ2) is 7.70. The van der Waals surface area contributed by atoms with E-state index in [1.54, 1.807) is 36.4 Å². The Kier molecular flexibility index (Phi) is 6.25. The second-order valence-corrected chi connectivity index (χ2v) is 5.65. The molecule has 0 atom stereocenters. The van der Waals surface area contributed by atoms with Gasteiger partial charge in [0.25, 0.3) is 10.0 Å². The van der Waals surface area contributed by atoms with Crippen molar-refractivity contribution in [2.75, 3.05) is 4.72 Å². The van der Waals surface area contributed by atoms with Gasteiger partial charge in [-0.1, -0.05) is 51.1 Å². The van der Waals surface area contributed by atoms with Crippen LogP contribution >= 0.6 is 0 Å². The molecule has 2 aromatic carbocycles. The first-order valence-corrected chi connectivity index (χ1v) is 8.27. The summed E-state index contributed by atoms with van der Waals surface area (Å²) in [7, 11) is -3.49. The molecule has 0 saturated carbocycles. The molecule has 0 aromatic heterocycles. The van der Waals surface area contributed by atoms with Gasteiger partial charge >= 0.3 is 0 Å². The Morgan fingerprint density at radius 2 is 1.60 bits per heavy atom. The lowest BCUT2D eigenvalue weighted by Crippen LogP contribution is -2.12. The quantitative estimate of drug-likeness (QED) is 0.922. The lowest BCUT2D eigenvalue weighted by Gasteiger charge is -2.08. The Morgan fingerprint density at radius 1 is 0.950 bits per heavy atom. The molecule has 0 spiro atoms. The van der Waals surface area contributed by atoms with Crippen molar-refractivity contribution >= 4 is 15.7 Å². The second-order valence-electron chi connectivity index (χ2n) is 3.97. The third-order valence-electron chi connectivity index (χ3n) is 2.64. The summed E-state index contributed by atoms with van der Waals surface area (Å²) in [6.45, 7) is 6.03. The van der Waals surface area contributed by atoms with Crippen LogP contribution in [-0.4, -0.2) is 8.42 Å². The Morgan fingerprint density at radius 3 is 2.20 bits per heavy atom. The van der Waals surface area contributed by atoms with Gasteiger partial charge in [0.15, 0.2) is 0 Å². The number of aryl methyl sites for hydroxylation is 1. The summed E-state index contributed by atoms with van der Waals surface area (Å²) in [6, 6.07) is 15.8. The minimum Gasteiger partial charge on any atom is -0.280 e. The van der Waals surface area contributed by atoms with Crippen LogP contribution in [0.25, 0.3) is 0 Å². The fourth-order valence-electron chi connectivity index (χ4n) is 1.67. The average molecular weight is 291 g/mol. The van der Waals surface area contributed by atoms with Crippen LogP contribution in [0.3, 0.4) is 0 Å². The third kappa shape index (κ3) is 4.38. The molecule has 2 aromatic rings. The van der Waals surface area contributed by atoms with E-state index >= 15 is 0 Å². The van der Waals surface area contributed by atoms with Crippen molar-refractivity contribution in [3.8, 4) is 0 Å². The Hall–Kier alpha value is -1.81. The monoisotopic (exact) mass is 291 g/mol. The van der Waals surface area contributed by atoms with Crippen LogP contribution in [0.15, 0.2) is 59.5 Å². The molecule has 0 bridgehead atoms. The van der Waals surface area contributed by atoms with E-state index in [4.69, 9.17) is 0 Å². The highest BCUT2D eigenvalue weighted by Gasteiger charge is 2.13. The number of hydrogen-bond acceptors (Lipinski definition) is 2. The number of rotatable bonds is 4. The molecule has 0 unspecified atom stereocenters. The maximum absolute atomic E-state index is 12.1. The summed E-state index contributed by atoms with van der Waals surface area (Å²) in [4.78, 5) is 0.270. The normalized spacial score (nSPS) is 10.3. The average Bonchev–Trinajstić information content (AvgIpc) is 2.50. The van der Waals surface area contributed by atoms with Crippen LogP contribution < -0.4 is 4.72 Å². The van der Waals surface area contributed by atoms with E-state index in [2.05, 4.69) is 4.72 Å². The maximum atomic E-state index is 12.1. The van der Waals surface area contributed by atoms with Crippen molar-refractivity contribution in [3.05, 3.63) is 60.2 Å². The highest BCUT2D eigenvalue weighted by Crippen LogP contribution is 2.17. The predicted molar refractivity (Wildman–Crippen MR) is 84.4 cm³/mol. The molecule has 0 heterocycles. The Labute approximate surface area is 121 Å². The first kappa shape index (κ1) is 16.2. The van der Waals surface area contributed by atoms with Gasteiger partial charge in [-0.3, -0.25) is 4.72 Å². The highest BCUT2D eigenvalue weighted by molar-refractivity contribution is 7.92. The van der Waals surface area contributed by atoms with Gasteiger partial charge in [0.2, 0.25) is 0 Å². The third-order valence-corrected chi connectivity index (χ3v) is 4.04. The van der Waals surface area contributed by atoms with Crippen LogP contribution in [0.5, 0.6) is 0 Å². The van der Waals surface area contributed by atoms with Gasteiger partial charge in [-0.15, -0.1) is 0 Å². The van der Waals surface area contributed by atoms with Gasteiger partial charge in [-0.2, -0.15) is 0 Å².